The van der Waals surface area contributed by atoms with Gasteiger partial charge in [-0.1, -0.05) is 94.4 Å². The lowest BCUT2D eigenvalue weighted by Crippen LogP contribution is -2.61. The monoisotopic (exact) mass is 1580 g/mol. The van der Waals surface area contributed by atoms with E-state index in [-0.39, 0.29) is 119 Å². The van der Waals surface area contributed by atoms with E-state index in [1.54, 1.807) is 76.5 Å². The van der Waals surface area contributed by atoms with Gasteiger partial charge in [0.1, 0.15) is 60.4 Å². The second kappa shape index (κ2) is 40.5. The van der Waals surface area contributed by atoms with E-state index in [1.807, 2.05) is 56.3 Å². The molecule has 4 aliphatic heterocycles. The second-order valence-electron chi connectivity index (χ2n) is 30.4. The molecule has 1 unspecified atom stereocenters. The van der Waals surface area contributed by atoms with Gasteiger partial charge in [-0.2, -0.15) is 12.6 Å². The number of nitrogens with one attached hydrogen (secondary N) is 13. The van der Waals surface area contributed by atoms with E-state index in [1.165, 1.54) is 14.7 Å². The van der Waals surface area contributed by atoms with Crippen molar-refractivity contribution in [2.45, 2.75) is 204 Å². The molecular weight excluding hydrogens is 1470 g/mol. The molecule has 6 heterocycles. The summed E-state index contributed by atoms with van der Waals surface area (Å²) in [5, 5.41) is 36.6. The SMILES string of the molecule is CC(C)C(=O)CNC(=O)[C@H]1CCCN1C(=O)[C@@H](CCCNC(=N)N)NC(=O)[C@@H](CC(N)=O)NC(=O)[C@@H](NC(=O)[C@@H]1CCCN1C(=O)[C@H](CS)NC(=O)[C@H](Cc1c[nH]c2ccccc12)NC(=O)[C@H](Cc1ccccc1)NC(=O)[C@H]1CCCN1C(=O)CNC(=O)[C@H](Cc1c[nH]c2ccccc12)NC(=O)C1CCCN1C(C)C)C(C)C. The number of thiol groups is 1. The highest BCUT2D eigenvalue weighted by molar-refractivity contribution is 7.80. The minimum absolute atomic E-state index is 0.0293. The Morgan fingerprint density at radius 2 is 0.956 bits per heavy atom. The van der Waals surface area contributed by atoms with Crippen molar-refractivity contribution in [3.05, 3.63) is 108 Å². The summed E-state index contributed by atoms with van der Waals surface area (Å²) in [6.45, 7) is 11.0. The lowest BCUT2D eigenvalue weighted by molar-refractivity contribution is -0.143. The third-order valence-electron chi connectivity index (χ3n) is 21.4. The van der Waals surface area contributed by atoms with Crippen LogP contribution >= 0.6 is 12.6 Å². The average Bonchev–Trinajstić information content (AvgIpc) is 1.72. The van der Waals surface area contributed by atoms with Gasteiger partial charge in [-0.05, 0) is 119 Å². The van der Waals surface area contributed by atoms with Gasteiger partial charge in [0.15, 0.2) is 11.7 Å². The number of carbonyl (C=O) groups is 14. The molecule has 4 aliphatic rings. The van der Waals surface area contributed by atoms with Crippen LogP contribution < -0.4 is 64.6 Å². The first-order valence-corrected chi connectivity index (χ1v) is 39.6. The molecule has 0 aliphatic carbocycles. The fraction of sp³-hybridized carbons (Fsp3) is 0.532. The summed E-state index contributed by atoms with van der Waals surface area (Å²) >= 11 is 4.51. The summed E-state index contributed by atoms with van der Waals surface area (Å²) in [4.78, 5) is 211. The van der Waals surface area contributed by atoms with Gasteiger partial charge in [0.25, 0.3) is 0 Å². The maximum absolute atomic E-state index is 15.1. The summed E-state index contributed by atoms with van der Waals surface area (Å²) in [6.07, 6.45) is 5.91. The maximum Gasteiger partial charge on any atom is 0.246 e. The number of rotatable bonds is 38. The molecule has 3 aromatic carbocycles. The molecule has 610 valence electrons. The number of Topliss-reactive ketones (excluding diaryl/α,β-unsaturated/α-hetero) is 1. The number of carbonyl (C=O) groups excluding carboxylic acids is 14. The number of para-hydroxylation sites is 2. The molecule has 4 fully saturated rings. The van der Waals surface area contributed by atoms with Crippen molar-refractivity contribution < 1.29 is 67.1 Å². The molecule has 0 radical (unpaired) electrons. The Hall–Kier alpha value is -10.9. The normalized spacial score (nSPS) is 18.8. The van der Waals surface area contributed by atoms with Gasteiger partial charge in [-0.3, -0.25) is 77.4 Å². The molecular formula is C79H109N19O14S. The fourth-order valence-electron chi connectivity index (χ4n) is 15.2. The molecule has 0 spiro atoms. The molecule has 0 saturated carbocycles. The molecule has 11 atom stereocenters. The van der Waals surface area contributed by atoms with E-state index >= 15 is 9.59 Å². The highest BCUT2D eigenvalue weighted by atomic mass is 32.1. The number of likely N-dealkylation sites (tertiary alicyclic amines) is 4. The minimum atomic E-state index is -1.70. The fourth-order valence-corrected chi connectivity index (χ4v) is 15.5. The van der Waals surface area contributed by atoms with Crippen LogP contribution in [0.3, 0.4) is 0 Å². The number of nitrogens with two attached hydrogens (primary N) is 2. The highest BCUT2D eigenvalue weighted by Gasteiger charge is 2.44. The largest absolute Gasteiger partial charge is 0.370 e. The molecule has 9 rings (SSSR count). The molecule has 34 heteroatoms. The minimum Gasteiger partial charge on any atom is -0.370 e. The van der Waals surface area contributed by atoms with Crippen LogP contribution in [0.5, 0.6) is 0 Å². The smallest absolute Gasteiger partial charge is 0.246 e. The number of aromatic nitrogens is 2. The van der Waals surface area contributed by atoms with Crippen LogP contribution in [0.2, 0.25) is 0 Å². The maximum atomic E-state index is 15.1. The van der Waals surface area contributed by atoms with Gasteiger partial charge in [0.05, 0.1) is 25.6 Å². The summed E-state index contributed by atoms with van der Waals surface area (Å²) in [7, 11) is 0. The van der Waals surface area contributed by atoms with Crippen LogP contribution in [0.15, 0.2) is 91.3 Å². The highest BCUT2D eigenvalue weighted by Crippen LogP contribution is 2.27. The van der Waals surface area contributed by atoms with Crippen molar-refractivity contribution in [1.29, 1.82) is 5.41 Å². The summed E-state index contributed by atoms with van der Waals surface area (Å²) in [5.41, 5.74) is 14.7. The van der Waals surface area contributed by atoms with E-state index in [4.69, 9.17) is 16.9 Å². The van der Waals surface area contributed by atoms with E-state index in [0.29, 0.717) is 36.8 Å². The lowest BCUT2D eigenvalue weighted by Gasteiger charge is -2.32. The number of fused-ring (bicyclic) bond motifs is 2. The van der Waals surface area contributed by atoms with Crippen LogP contribution in [0.1, 0.15) is 129 Å². The zero-order valence-electron chi connectivity index (χ0n) is 64.9. The third-order valence-corrected chi connectivity index (χ3v) is 21.7. The molecule has 4 saturated heterocycles. The Labute approximate surface area is 661 Å². The number of hydrogen-bond acceptors (Lipinski definition) is 17. The number of primary amides is 1. The molecule has 2 aromatic heterocycles. The number of nitrogens with zero attached hydrogens (tertiary/aromatic N) is 4. The molecule has 17 N–H and O–H groups in total. The first kappa shape index (κ1) is 86.1. The van der Waals surface area contributed by atoms with E-state index in [0.717, 1.165) is 40.3 Å². The number of hydrogen-bond donors (Lipinski definition) is 16. The molecule has 113 heavy (non-hydrogen) atoms. The van der Waals surface area contributed by atoms with Crippen LogP contribution in [0, 0.1) is 17.2 Å². The van der Waals surface area contributed by atoms with Crippen molar-refractivity contribution in [2.24, 2.45) is 23.3 Å². The first-order valence-electron chi connectivity index (χ1n) is 39.0. The molecule has 5 aromatic rings. The molecule has 13 amide bonds. The Morgan fingerprint density at radius 1 is 0.487 bits per heavy atom. The zero-order valence-corrected chi connectivity index (χ0v) is 65.8. The van der Waals surface area contributed by atoms with Crippen LogP contribution in [-0.4, -0.2) is 242 Å². The van der Waals surface area contributed by atoms with Gasteiger partial charge < -0.3 is 89.3 Å². The molecule has 33 nitrogen and oxygen atoms in total. The first-order chi connectivity index (χ1) is 54.0. The lowest BCUT2D eigenvalue weighted by atomic mass is 10.0. The van der Waals surface area contributed by atoms with E-state index < -0.39 is 156 Å². The van der Waals surface area contributed by atoms with Crippen molar-refractivity contribution >= 4 is 123 Å². The number of ketones is 1. The predicted octanol–water partition coefficient (Wildman–Crippen LogP) is 0.0985. The number of aromatic amines is 2. The predicted molar refractivity (Wildman–Crippen MR) is 424 cm³/mol. The quantitative estimate of drug-likeness (QED) is 0.0108. The third kappa shape index (κ3) is 22.9. The Morgan fingerprint density at radius 3 is 1.51 bits per heavy atom. The van der Waals surface area contributed by atoms with Crippen molar-refractivity contribution in [1.82, 2.24) is 82.7 Å². The van der Waals surface area contributed by atoms with Crippen LogP contribution in [0.4, 0.5) is 0 Å². The van der Waals surface area contributed by atoms with Gasteiger partial charge in [0, 0.05) is 97.4 Å². The number of H-pyrrole nitrogens is 2. The summed E-state index contributed by atoms with van der Waals surface area (Å²) in [6, 6.07) is 10.3. The van der Waals surface area contributed by atoms with Gasteiger partial charge in [-0.15, -0.1) is 0 Å². The second-order valence-corrected chi connectivity index (χ2v) is 30.8. The Kier molecular flexibility index (Phi) is 30.9. The van der Waals surface area contributed by atoms with Crippen molar-refractivity contribution in [3.63, 3.8) is 0 Å². The Bertz CT molecular complexity index is 4280. The van der Waals surface area contributed by atoms with Crippen molar-refractivity contribution in [2.75, 3.05) is 51.6 Å². The van der Waals surface area contributed by atoms with Gasteiger partial charge in [-0.25, -0.2) is 0 Å². The summed E-state index contributed by atoms with van der Waals surface area (Å²) in [5.74, 6) is -11.4. The number of guanidine groups is 1. The zero-order chi connectivity index (χ0) is 81.7. The van der Waals surface area contributed by atoms with Gasteiger partial charge in [0.2, 0.25) is 76.8 Å². The Balaban J connectivity index is 0.869. The van der Waals surface area contributed by atoms with Gasteiger partial charge >= 0.3 is 0 Å². The summed E-state index contributed by atoms with van der Waals surface area (Å²) < 4.78 is 0. The number of benzene rings is 3. The van der Waals surface area contributed by atoms with Crippen molar-refractivity contribution in [3.8, 4) is 0 Å². The topological polar surface area (TPSA) is 480 Å². The van der Waals surface area contributed by atoms with Crippen LogP contribution in [0.25, 0.3) is 21.8 Å². The standard InChI is InChI=1S/C79H109N19O14S/c1-44(2)64(99)41-86-72(106)60-26-17-33-97(60)77(111)54(25-14-30-83-79(81)82)88-71(105)58(38-65(80)100)92-76(110)67(45(3)4)94-75(109)63-29-18-34-98(63)78(112)59(43-113)93-70(104)57(37-49-40-85-53-24-13-11-22-51(49)53)89-69(103)55(35-47-19-8-7-9-20-47)90-74(108)62-28-16-32-96(62)66(101)42-87-68(102)56(36-48-39-84-52-23-12-10-21-50(48)52)91-73(107)61-27-15-31-95(61)46(5)6/h7-13,19-24,39-40,44-46,54-63,67,84-85,113H,14-18,25-38,41-43H2,1-6H3,(H2,80,100)(H,86,106)(H,87,102)(H,88,105)(H,89,103)(H,90,108)(H,91,107)(H,92,110)(H,93,104)(H,94,109)(H4,81,82,83)/t54-,55+,56+,57+,58-,59+,60-,61?,62-,63+,67+/m1/s1. The van der Waals surface area contributed by atoms with E-state index in [9.17, 15) is 57.5 Å². The van der Waals surface area contributed by atoms with E-state index in [2.05, 4.69) is 80.7 Å². The average molecular weight is 1580 g/mol. The van der Waals surface area contributed by atoms with Crippen LogP contribution in [-0.2, 0) is 86.4 Å². The molecule has 0 bridgehead atoms. The number of amides is 13.